The lowest BCUT2D eigenvalue weighted by Gasteiger charge is -2.28. The molecule has 0 saturated carbocycles. The van der Waals surface area contributed by atoms with Crippen molar-refractivity contribution in [2.45, 2.75) is 30.7 Å². The molecule has 136 valence electrons. The predicted octanol–water partition coefficient (Wildman–Crippen LogP) is 2.59. The lowest BCUT2D eigenvalue weighted by atomic mass is 10.2. The molecule has 1 aromatic carbocycles. The minimum absolute atomic E-state index is 0.0150. The number of benzene rings is 1. The molecule has 0 radical (unpaired) electrons. The quantitative estimate of drug-likeness (QED) is 0.856. The van der Waals surface area contributed by atoms with Crippen LogP contribution in [0.5, 0.6) is 0 Å². The number of aryl methyl sites for hydroxylation is 2. The molecule has 1 N–H and O–H groups in total. The van der Waals surface area contributed by atoms with Gasteiger partial charge in [0.05, 0.1) is 10.9 Å². The second-order valence-corrected chi connectivity index (χ2v) is 8.33. The predicted molar refractivity (Wildman–Crippen MR) is 95.3 cm³/mol. The van der Waals surface area contributed by atoms with Crippen molar-refractivity contribution in [3.8, 4) is 0 Å². The average molecular weight is 365 g/mol. The van der Waals surface area contributed by atoms with Gasteiger partial charge in [-0.1, -0.05) is 0 Å². The minimum Gasteiger partial charge on any atom is -0.353 e. The normalized spacial score (nSPS) is 17.1. The monoisotopic (exact) mass is 365 g/mol. The zero-order valence-corrected chi connectivity index (χ0v) is 15.4. The first-order valence-corrected chi connectivity index (χ1v) is 9.98. The lowest BCUT2D eigenvalue weighted by molar-refractivity contribution is 0.238. The van der Waals surface area contributed by atoms with E-state index in [4.69, 9.17) is 0 Å². The van der Waals surface area contributed by atoms with Crippen molar-refractivity contribution in [1.29, 1.82) is 0 Å². The number of hydrogen-bond acceptors (Lipinski definition) is 3. The Morgan fingerprint density at radius 3 is 2.56 bits per heavy atom. The van der Waals surface area contributed by atoms with E-state index in [9.17, 15) is 12.8 Å². The Hall–Kier alpha value is -1.70. The number of hydrogen-bond donors (Lipinski definition) is 1. The van der Waals surface area contributed by atoms with Crippen molar-refractivity contribution in [2.24, 2.45) is 7.05 Å². The van der Waals surface area contributed by atoms with E-state index in [1.165, 1.54) is 18.2 Å². The summed E-state index contributed by atoms with van der Waals surface area (Å²) in [4.78, 5) is 2.41. The van der Waals surface area contributed by atoms with Crippen molar-refractivity contribution in [2.75, 3.05) is 19.6 Å². The van der Waals surface area contributed by atoms with E-state index in [-0.39, 0.29) is 17.5 Å². The zero-order chi connectivity index (χ0) is 18.0. The molecule has 5 nitrogen and oxygen atoms in total. The third kappa shape index (κ3) is 3.94. The summed E-state index contributed by atoms with van der Waals surface area (Å²) < 4.78 is 43.4. The summed E-state index contributed by atoms with van der Waals surface area (Å²) in [6.07, 6.45) is 4.23. The molecule has 3 rings (SSSR count). The molecule has 7 heteroatoms. The van der Waals surface area contributed by atoms with E-state index in [2.05, 4.69) is 9.62 Å². The first kappa shape index (κ1) is 18.1. The molecule has 0 bridgehead atoms. The number of aromatic nitrogens is 1. The number of rotatable bonds is 6. The summed E-state index contributed by atoms with van der Waals surface area (Å²) in [6, 6.07) is 7.84. The van der Waals surface area contributed by atoms with Crippen molar-refractivity contribution >= 4 is 10.0 Å². The fourth-order valence-electron chi connectivity index (χ4n) is 3.35. The highest BCUT2D eigenvalue weighted by Gasteiger charge is 2.27. The Morgan fingerprint density at radius 2 is 1.96 bits per heavy atom. The van der Waals surface area contributed by atoms with E-state index < -0.39 is 15.8 Å². The number of likely N-dealkylation sites (tertiary alicyclic amines) is 1. The van der Waals surface area contributed by atoms with Gasteiger partial charge in [-0.15, -0.1) is 0 Å². The third-order valence-corrected chi connectivity index (χ3v) is 6.23. The topological polar surface area (TPSA) is 54.3 Å². The van der Waals surface area contributed by atoms with Crippen LogP contribution >= 0.6 is 0 Å². The Kier molecular flexibility index (Phi) is 5.27. The number of sulfonamides is 1. The second kappa shape index (κ2) is 7.27. The molecule has 1 atom stereocenters. The molecule has 1 saturated heterocycles. The van der Waals surface area contributed by atoms with Crippen LogP contribution in [0.4, 0.5) is 4.39 Å². The van der Waals surface area contributed by atoms with Crippen molar-refractivity contribution in [1.82, 2.24) is 14.2 Å². The van der Waals surface area contributed by atoms with Crippen LogP contribution in [0, 0.1) is 12.7 Å². The van der Waals surface area contributed by atoms with Crippen LogP contribution in [-0.2, 0) is 17.1 Å². The van der Waals surface area contributed by atoms with Crippen LogP contribution < -0.4 is 4.72 Å². The smallest absolute Gasteiger partial charge is 0.240 e. The Bertz CT molecular complexity index is 842. The Labute approximate surface area is 148 Å². The van der Waals surface area contributed by atoms with Crippen LogP contribution in [0.15, 0.2) is 41.4 Å². The fraction of sp³-hybridized carbons (Fsp3) is 0.444. The molecule has 2 heterocycles. The summed E-state index contributed by atoms with van der Waals surface area (Å²) in [6.45, 7) is 3.78. The number of nitrogens with zero attached hydrogens (tertiary/aromatic N) is 2. The maximum absolute atomic E-state index is 13.4. The van der Waals surface area contributed by atoms with Crippen LogP contribution in [0.3, 0.4) is 0 Å². The largest absolute Gasteiger partial charge is 0.353 e. The molecule has 1 aliphatic rings. The maximum Gasteiger partial charge on any atom is 0.240 e. The van der Waals surface area contributed by atoms with Gasteiger partial charge in [-0.2, -0.15) is 0 Å². The van der Waals surface area contributed by atoms with E-state index in [1.54, 1.807) is 6.92 Å². The Morgan fingerprint density at radius 1 is 1.24 bits per heavy atom. The van der Waals surface area contributed by atoms with E-state index in [0.717, 1.165) is 31.6 Å². The first-order valence-electron chi connectivity index (χ1n) is 8.49. The molecule has 1 aliphatic heterocycles. The van der Waals surface area contributed by atoms with Gasteiger partial charge < -0.3 is 4.57 Å². The summed E-state index contributed by atoms with van der Waals surface area (Å²) in [5, 5.41) is 0. The van der Waals surface area contributed by atoms with Gasteiger partial charge in [0.25, 0.3) is 0 Å². The van der Waals surface area contributed by atoms with Gasteiger partial charge in [0, 0.05) is 25.5 Å². The summed E-state index contributed by atoms with van der Waals surface area (Å²) in [7, 11) is -1.71. The minimum atomic E-state index is -3.68. The van der Waals surface area contributed by atoms with Crippen LogP contribution in [0.2, 0.25) is 0 Å². The molecule has 1 unspecified atom stereocenters. The summed E-state index contributed by atoms with van der Waals surface area (Å²) >= 11 is 0. The van der Waals surface area contributed by atoms with Crippen molar-refractivity contribution < 1.29 is 12.8 Å². The van der Waals surface area contributed by atoms with E-state index in [1.807, 2.05) is 29.9 Å². The van der Waals surface area contributed by atoms with Crippen LogP contribution in [-0.4, -0.2) is 37.5 Å². The standard InChI is InChI=1S/C18H24FN3O2S/c1-14-12-15(7-8-16(14)19)25(23,24)20-13-18(22-10-3-4-11-22)17-6-5-9-21(17)2/h5-9,12,18,20H,3-4,10-11,13H2,1-2H3. The van der Waals surface area contributed by atoms with Gasteiger partial charge >= 0.3 is 0 Å². The zero-order valence-electron chi connectivity index (χ0n) is 14.6. The van der Waals surface area contributed by atoms with Gasteiger partial charge in [-0.3, -0.25) is 4.90 Å². The van der Waals surface area contributed by atoms with E-state index >= 15 is 0 Å². The average Bonchev–Trinajstić information content (AvgIpc) is 3.23. The van der Waals surface area contributed by atoms with Gasteiger partial charge in [-0.05, 0) is 68.8 Å². The molecule has 0 aliphatic carbocycles. The molecule has 1 aromatic heterocycles. The molecular formula is C18H24FN3O2S. The van der Waals surface area contributed by atoms with Gasteiger partial charge in [0.15, 0.2) is 0 Å². The molecule has 1 fully saturated rings. The molecule has 25 heavy (non-hydrogen) atoms. The van der Waals surface area contributed by atoms with Crippen molar-refractivity contribution in [3.05, 3.63) is 53.6 Å². The molecule has 0 amide bonds. The fourth-order valence-corrected chi connectivity index (χ4v) is 4.47. The van der Waals surface area contributed by atoms with Gasteiger partial charge in [0.1, 0.15) is 5.82 Å². The summed E-state index contributed by atoms with van der Waals surface area (Å²) in [5.41, 5.74) is 1.40. The number of nitrogens with one attached hydrogen (secondary N) is 1. The molecule has 2 aromatic rings. The maximum atomic E-state index is 13.4. The van der Waals surface area contributed by atoms with E-state index in [0.29, 0.717) is 5.56 Å². The molecule has 0 spiro atoms. The van der Waals surface area contributed by atoms with Crippen LogP contribution in [0.25, 0.3) is 0 Å². The highest BCUT2D eigenvalue weighted by Crippen LogP contribution is 2.25. The van der Waals surface area contributed by atoms with Crippen molar-refractivity contribution in [3.63, 3.8) is 0 Å². The third-order valence-electron chi connectivity index (χ3n) is 4.81. The lowest BCUT2D eigenvalue weighted by Crippen LogP contribution is -2.37. The second-order valence-electron chi connectivity index (χ2n) is 6.57. The highest BCUT2D eigenvalue weighted by molar-refractivity contribution is 7.89. The first-order chi connectivity index (χ1) is 11.9. The highest BCUT2D eigenvalue weighted by atomic mass is 32.2. The molecular weight excluding hydrogens is 341 g/mol. The van der Waals surface area contributed by atoms with Gasteiger partial charge in [-0.25, -0.2) is 17.5 Å². The van der Waals surface area contributed by atoms with Gasteiger partial charge in [0.2, 0.25) is 10.0 Å². The van der Waals surface area contributed by atoms with Crippen LogP contribution in [0.1, 0.15) is 30.1 Å². The summed E-state index contributed by atoms with van der Waals surface area (Å²) in [5.74, 6) is -0.405. The SMILES string of the molecule is Cc1cc(S(=O)(=O)NCC(c2cccn2C)N2CCCC2)ccc1F. The number of halogens is 1. The Balaban J connectivity index is 1.80.